The Bertz CT molecular complexity index is 722. The Labute approximate surface area is 140 Å². The van der Waals surface area contributed by atoms with Crippen LogP contribution in [-0.2, 0) is 0 Å². The van der Waals surface area contributed by atoms with Crippen LogP contribution in [0.25, 0.3) is 11.3 Å². The van der Waals surface area contributed by atoms with Gasteiger partial charge >= 0.3 is 0 Å². The minimum atomic E-state index is -0.667. The summed E-state index contributed by atoms with van der Waals surface area (Å²) in [6.45, 7) is 3.66. The van der Waals surface area contributed by atoms with Gasteiger partial charge < -0.3 is 10.2 Å². The van der Waals surface area contributed by atoms with E-state index in [4.69, 9.17) is 0 Å². The molecule has 7 heteroatoms. The van der Waals surface area contributed by atoms with Crippen molar-refractivity contribution in [1.82, 2.24) is 20.1 Å². The van der Waals surface area contributed by atoms with Crippen molar-refractivity contribution in [2.75, 3.05) is 25.5 Å². The number of nitrogens with one attached hydrogen (secondary N) is 1. The van der Waals surface area contributed by atoms with Crippen LogP contribution in [0.4, 0.5) is 14.7 Å². The molecule has 1 N–H and O–H groups in total. The Balaban J connectivity index is 1.66. The van der Waals surface area contributed by atoms with E-state index in [-0.39, 0.29) is 5.56 Å². The molecule has 1 aromatic heterocycles. The summed E-state index contributed by atoms with van der Waals surface area (Å²) >= 11 is 0. The van der Waals surface area contributed by atoms with Crippen molar-refractivity contribution >= 4 is 5.95 Å². The van der Waals surface area contributed by atoms with Crippen molar-refractivity contribution in [3.63, 3.8) is 0 Å². The molecular weight excluding hydrogens is 312 g/mol. The van der Waals surface area contributed by atoms with Gasteiger partial charge in [0.25, 0.3) is 0 Å². The number of hydrogen-bond acceptors (Lipinski definition) is 5. The Kier molecular flexibility index (Phi) is 4.99. The summed E-state index contributed by atoms with van der Waals surface area (Å²) in [7, 11) is 2.14. The van der Waals surface area contributed by atoms with Gasteiger partial charge in [0, 0.05) is 24.2 Å². The highest BCUT2D eigenvalue weighted by Gasteiger charge is 2.20. The van der Waals surface area contributed by atoms with Gasteiger partial charge in [-0.3, -0.25) is 0 Å². The van der Waals surface area contributed by atoms with E-state index in [1.165, 1.54) is 25.0 Å². The third-order valence-corrected chi connectivity index (χ3v) is 4.48. The maximum Gasteiger partial charge on any atom is 0.242 e. The summed E-state index contributed by atoms with van der Waals surface area (Å²) in [5, 5.41) is 11.2. The number of hydrogen-bond donors (Lipinski definition) is 1. The lowest BCUT2D eigenvalue weighted by Crippen LogP contribution is -2.27. The molecule has 3 rings (SSSR count). The molecule has 1 aliphatic heterocycles. The largest absolute Gasteiger partial charge is 0.353 e. The smallest absolute Gasteiger partial charge is 0.242 e. The number of benzene rings is 1. The number of halogens is 2. The van der Waals surface area contributed by atoms with Gasteiger partial charge in [0.1, 0.15) is 17.3 Å². The molecule has 0 aliphatic carbocycles. The molecule has 0 saturated carbocycles. The molecule has 2 heterocycles. The first-order valence-electron chi connectivity index (χ1n) is 8.15. The predicted octanol–water partition coefficient (Wildman–Crippen LogP) is 3.02. The topological polar surface area (TPSA) is 53.9 Å². The predicted molar refractivity (Wildman–Crippen MR) is 88.7 cm³/mol. The number of anilines is 1. The molecular formula is C17H21F2N5. The van der Waals surface area contributed by atoms with Crippen LogP contribution in [0.2, 0.25) is 0 Å². The van der Waals surface area contributed by atoms with Crippen LogP contribution in [0.5, 0.6) is 0 Å². The zero-order valence-corrected chi connectivity index (χ0v) is 13.9. The maximum atomic E-state index is 13.9. The first-order valence-corrected chi connectivity index (χ1v) is 8.15. The molecule has 0 radical (unpaired) electrons. The number of aromatic nitrogens is 3. The van der Waals surface area contributed by atoms with Gasteiger partial charge in [-0.25, -0.2) is 13.8 Å². The number of nitrogens with zero attached hydrogens (tertiary/aromatic N) is 4. The summed E-state index contributed by atoms with van der Waals surface area (Å²) in [5.41, 5.74) is 1.08. The zero-order valence-electron chi connectivity index (χ0n) is 13.9. The highest BCUT2D eigenvalue weighted by molar-refractivity contribution is 5.62. The Morgan fingerprint density at radius 2 is 2.12 bits per heavy atom. The highest BCUT2D eigenvalue weighted by atomic mass is 19.1. The molecule has 1 aromatic carbocycles. The zero-order chi connectivity index (χ0) is 17.1. The average Bonchev–Trinajstić information content (AvgIpc) is 2.94. The van der Waals surface area contributed by atoms with E-state index in [0.717, 1.165) is 25.6 Å². The summed E-state index contributed by atoms with van der Waals surface area (Å²) in [4.78, 5) is 6.70. The van der Waals surface area contributed by atoms with Crippen molar-refractivity contribution < 1.29 is 8.78 Å². The lowest BCUT2D eigenvalue weighted by atomic mass is 10.1. The van der Waals surface area contributed by atoms with Gasteiger partial charge in [0.15, 0.2) is 0 Å². The molecule has 0 amide bonds. The fourth-order valence-electron chi connectivity index (χ4n) is 3.10. The van der Waals surface area contributed by atoms with E-state index in [9.17, 15) is 8.78 Å². The highest BCUT2D eigenvalue weighted by Crippen LogP contribution is 2.24. The molecule has 1 aliphatic rings. The summed E-state index contributed by atoms with van der Waals surface area (Å²) in [6, 6.07) is 3.98. The Morgan fingerprint density at radius 3 is 2.79 bits per heavy atom. The third-order valence-electron chi connectivity index (χ3n) is 4.48. The average molecular weight is 333 g/mol. The quantitative estimate of drug-likeness (QED) is 0.911. The van der Waals surface area contributed by atoms with E-state index in [2.05, 4.69) is 32.4 Å². The van der Waals surface area contributed by atoms with Crippen molar-refractivity contribution in [3.05, 3.63) is 35.5 Å². The normalized spacial score (nSPS) is 18.1. The van der Waals surface area contributed by atoms with Crippen LogP contribution >= 0.6 is 0 Å². The van der Waals surface area contributed by atoms with E-state index < -0.39 is 11.6 Å². The molecule has 0 bridgehead atoms. The third kappa shape index (κ3) is 3.67. The van der Waals surface area contributed by atoms with Crippen LogP contribution in [0.1, 0.15) is 25.0 Å². The fourth-order valence-corrected chi connectivity index (χ4v) is 3.10. The first kappa shape index (κ1) is 16.7. The van der Waals surface area contributed by atoms with Gasteiger partial charge in [0.2, 0.25) is 5.95 Å². The minimum Gasteiger partial charge on any atom is -0.353 e. The Morgan fingerprint density at radius 1 is 1.29 bits per heavy atom. The lowest BCUT2D eigenvalue weighted by Gasteiger charge is -2.19. The monoisotopic (exact) mass is 333 g/mol. The van der Waals surface area contributed by atoms with Crippen LogP contribution in [0.3, 0.4) is 0 Å². The van der Waals surface area contributed by atoms with Crippen LogP contribution in [0.15, 0.2) is 18.2 Å². The molecule has 0 spiro atoms. The van der Waals surface area contributed by atoms with Crippen LogP contribution in [0, 0.1) is 18.6 Å². The minimum absolute atomic E-state index is 0.202. The van der Waals surface area contributed by atoms with Gasteiger partial charge in [-0.05, 0) is 51.9 Å². The molecule has 1 unspecified atom stereocenters. The van der Waals surface area contributed by atoms with Gasteiger partial charge in [-0.15, -0.1) is 10.2 Å². The van der Waals surface area contributed by atoms with E-state index in [1.807, 2.05) is 0 Å². The second-order valence-electron chi connectivity index (χ2n) is 6.19. The molecule has 128 valence electrons. The van der Waals surface area contributed by atoms with E-state index >= 15 is 0 Å². The standard InChI is InChI=1S/C17H21F2N5/c1-11-16(14-6-5-12(18)10-15(14)19)22-23-17(21-11)20-8-7-13-4-3-9-24(13)2/h5-6,10,13H,3-4,7-9H2,1-2H3,(H,20,21,23). The van der Waals surface area contributed by atoms with Crippen LogP contribution in [-0.4, -0.2) is 46.3 Å². The van der Waals surface area contributed by atoms with E-state index in [1.54, 1.807) is 6.92 Å². The van der Waals surface area contributed by atoms with Crippen LogP contribution < -0.4 is 5.32 Å². The van der Waals surface area contributed by atoms with Crippen molar-refractivity contribution in [2.45, 2.75) is 32.2 Å². The first-order chi connectivity index (χ1) is 11.5. The summed E-state index contributed by atoms with van der Waals surface area (Å²) < 4.78 is 26.9. The van der Waals surface area contributed by atoms with Crippen molar-refractivity contribution in [1.29, 1.82) is 0 Å². The summed E-state index contributed by atoms with van der Waals surface area (Å²) in [6.07, 6.45) is 3.49. The number of rotatable bonds is 5. The fraction of sp³-hybridized carbons (Fsp3) is 0.471. The molecule has 1 atom stereocenters. The molecule has 2 aromatic rings. The van der Waals surface area contributed by atoms with Gasteiger partial charge in [-0.2, -0.15) is 0 Å². The maximum absolute atomic E-state index is 13.9. The van der Waals surface area contributed by atoms with E-state index in [0.29, 0.717) is 23.4 Å². The van der Waals surface area contributed by atoms with Gasteiger partial charge in [0.05, 0.1) is 5.69 Å². The lowest BCUT2D eigenvalue weighted by molar-refractivity contribution is 0.301. The van der Waals surface area contributed by atoms with Crippen molar-refractivity contribution in [3.8, 4) is 11.3 Å². The number of aryl methyl sites for hydroxylation is 1. The Hall–Kier alpha value is -2.15. The molecule has 24 heavy (non-hydrogen) atoms. The number of likely N-dealkylation sites (tertiary alicyclic amines) is 1. The molecule has 1 saturated heterocycles. The SMILES string of the molecule is Cc1nc(NCCC2CCCN2C)nnc1-c1ccc(F)cc1F. The van der Waals surface area contributed by atoms with Gasteiger partial charge in [-0.1, -0.05) is 0 Å². The molecule has 1 fully saturated rings. The van der Waals surface area contributed by atoms with Crippen molar-refractivity contribution in [2.24, 2.45) is 0 Å². The second-order valence-corrected chi connectivity index (χ2v) is 6.19. The molecule has 5 nitrogen and oxygen atoms in total. The second kappa shape index (κ2) is 7.17. The summed E-state index contributed by atoms with van der Waals surface area (Å²) in [5.74, 6) is -0.858.